The van der Waals surface area contributed by atoms with Crippen molar-refractivity contribution in [2.45, 2.75) is 32.0 Å². The van der Waals surface area contributed by atoms with Crippen LogP contribution < -0.4 is 10.1 Å². The van der Waals surface area contributed by atoms with Crippen molar-refractivity contribution in [3.05, 3.63) is 28.2 Å². The van der Waals surface area contributed by atoms with Gasteiger partial charge in [-0.3, -0.25) is 0 Å². The number of aliphatic hydroxyl groups is 1. The van der Waals surface area contributed by atoms with Crippen LogP contribution in [0.15, 0.2) is 22.7 Å². The molecule has 0 spiro atoms. The number of aliphatic hydroxyl groups excluding tert-OH is 1. The first-order valence-electron chi connectivity index (χ1n) is 5.93. The van der Waals surface area contributed by atoms with Crippen LogP contribution in [0.25, 0.3) is 0 Å². The summed E-state index contributed by atoms with van der Waals surface area (Å²) >= 11 is 3.47. The van der Waals surface area contributed by atoms with E-state index in [0.29, 0.717) is 19.0 Å². The van der Waals surface area contributed by atoms with Crippen LogP contribution in [0.5, 0.6) is 5.75 Å². The van der Waals surface area contributed by atoms with Gasteiger partial charge in [0.2, 0.25) is 0 Å². The van der Waals surface area contributed by atoms with Crippen molar-refractivity contribution in [2.75, 3.05) is 13.1 Å². The maximum atomic E-state index is 9.74. The van der Waals surface area contributed by atoms with Gasteiger partial charge in [0.1, 0.15) is 18.0 Å². The molecule has 0 radical (unpaired) electrons. The van der Waals surface area contributed by atoms with E-state index < -0.39 is 6.10 Å². The third kappa shape index (κ3) is 3.00. The van der Waals surface area contributed by atoms with Crippen LogP contribution in [0.3, 0.4) is 0 Å². The molecule has 0 amide bonds. The summed E-state index contributed by atoms with van der Waals surface area (Å²) in [5.74, 6) is 1.27. The highest BCUT2D eigenvalue weighted by molar-refractivity contribution is 9.10. The minimum absolute atomic E-state index is 0.145. The van der Waals surface area contributed by atoms with Crippen LogP contribution in [-0.2, 0) is 0 Å². The summed E-state index contributed by atoms with van der Waals surface area (Å²) in [5.41, 5.74) is 1.17. The molecule has 0 bridgehead atoms. The van der Waals surface area contributed by atoms with E-state index in [4.69, 9.17) is 4.74 Å². The molecular formula is C13H18BrNO2. The molecule has 1 aromatic rings. The maximum absolute atomic E-state index is 9.74. The summed E-state index contributed by atoms with van der Waals surface area (Å²) in [7, 11) is 0. The topological polar surface area (TPSA) is 41.5 Å². The standard InChI is InChI=1S/C13H18BrNO2/c1-8(2)10-5-9(14)3-4-12(10)17-13-7-15-6-11(13)16/h3-5,8,11,13,15-16H,6-7H2,1-2H3/t11-,13-/m0/s1. The molecule has 2 atom stereocenters. The zero-order valence-corrected chi connectivity index (χ0v) is 11.7. The lowest BCUT2D eigenvalue weighted by Crippen LogP contribution is -2.30. The van der Waals surface area contributed by atoms with Crippen molar-refractivity contribution < 1.29 is 9.84 Å². The number of ether oxygens (including phenoxy) is 1. The van der Waals surface area contributed by atoms with Gasteiger partial charge in [-0.25, -0.2) is 0 Å². The number of rotatable bonds is 3. The van der Waals surface area contributed by atoms with E-state index >= 15 is 0 Å². The Hall–Kier alpha value is -0.580. The van der Waals surface area contributed by atoms with Crippen LogP contribution in [0.1, 0.15) is 25.3 Å². The molecular weight excluding hydrogens is 282 g/mol. The fourth-order valence-corrected chi connectivity index (χ4v) is 2.38. The van der Waals surface area contributed by atoms with Gasteiger partial charge in [-0.1, -0.05) is 29.8 Å². The molecule has 0 aromatic heterocycles. The third-order valence-corrected chi connectivity index (χ3v) is 3.49. The highest BCUT2D eigenvalue weighted by atomic mass is 79.9. The lowest BCUT2D eigenvalue weighted by Gasteiger charge is -2.20. The molecule has 4 heteroatoms. The highest BCUT2D eigenvalue weighted by Crippen LogP contribution is 2.30. The predicted octanol–water partition coefficient (Wildman–Crippen LogP) is 2.28. The Morgan fingerprint density at radius 1 is 1.41 bits per heavy atom. The van der Waals surface area contributed by atoms with Gasteiger partial charge in [0.25, 0.3) is 0 Å². The van der Waals surface area contributed by atoms with E-state index in [1.165, 1.54) is 5.56 Å². The minimum Gasteiger partial charge on any atom is -0.486 e. The zero-order valence-electron chi connectivity index (χ0n) is 10.1. The van der Waals surface area contributed by atoms with Crippen molar-refractivity contribution in [3.63, 3.8) is 0 Å². The van der Waals surface area contributed by atoms with Crippen molar-refractivity contribution in [1.29, 1.82) is 0 Å². The van der Waals surface area contributed by atoms with Crippen molar-refractivity contribution in [1.82, 2.24) is 5.32 Å². The summed E-state index contributed by atoms with van der Waals surface area (Å²) in [6.07, 6.45) is -0.563. The van der Waals surface area contributed by atoms with Gasteiger partial charge >= 0.3 is 0 Å². The van der Waals surface area contributed by atoms with Crippen LogP contribution in [0.4, 0.5) is 0 Å². The van der Waals surface area contributed by atoms with Gasteiger partial charge in [0.15, 0.2) is 0 Å². The first-order chi connectivity index (χ1) is 8.08. The Morgan fingerprint density at radius 2 is 2.18 bits per heavy atom. The number of hydrogen-bond acceptors (Lipinski definition) is 3. The molecule has 0 unspecified atom stereocenters. The second-order valence-electron chi connectivity index (χ2n) is 4.72. The third-order valence-electron chi connectivity index (χ3n) is 3.00. The Balaban J connectivity index is 2.19. The van der Waals surface area contributed by atoms with Gasteiger partial charge in [-0.05, 0) is 29.7 Å². The van der Waals surface area contributed by atoms with Crippen molar-refractivity contribution in [3.8, 4) is 5.75 Å². The van der Waals surface area contributed by atoms with Crippen LogP contribution >= 0.6 is 15.9 Å². The summed E-state index contributed by atoms with van der Waals surface area (Å²) in [6.45, 7) is 5.59. The zero-order chi connectivity index (χ0) is 12.4. The predicted molar refractivity (Wildman–Crippen MR) is 71.5 cm³/mol. The Labute approximate surface area is 110 Å². The van der Waals surface area contributed by atoms with E-state index in [0.717, 1.165) is 10.2 Å². The van der Waals surface area contributed by atoms with Gasteiger partial charge in [0, 0.05) is 17.6 Å². The normalized spacial score (nSPS) is 24.3. The second-order valence-corrected chi connectivity index (χ2v) is 5.63. The minimum atomic E-state index is -0.418. The summed E-state index contributed by atoms with van der Waals surface area (Å²) in [6, 6.07) is 6.01. The molecule has 2 rings (SSSR count). The van der Waals surface area contributed by atoms with E-state index in [-0.39, 0.29) is 6.10 Å². The van der Waals surface area contributed by atoms with E-state index in [9.17, 15) is 5.11 Å². The number of benzene rings is 1. The highest BCUT2D eigenvalue weighted by Gasteiger charge is 2.27. The Kier molecular flexibility index (Phi) is 4.07. The van der Waals surface area contributed by atoms with Gasteiger partial charge in [-0.15, -0.1) is 0 Å². The summed E-state index contributed by atoms with van der Waals surface area (Å²) < 4.78 is 6.96. The molecule has 0 aliphatic carbocycles. The lowest BCUT2D eigenvalue weighted by molar-refractivity contribution is 0.0729. The van der Waals surface area contributed by atoms with Gasteiger partial charge < -0.3 is 15.2 Å². The smallest absolute Gasteiger partial charge is 0.138 e. The molecule has 2 N–H and O–H groups in total. The average Bonchev–Trinajstić information content (AvgIpc) is 2.67. The van der Waals surface area contributed by atoms with Crippen LogP contribution in [-0.4, -0.2) is 30.4 Å². The van der Waals surface area contributed by atoms with Crippen molar-refractivity contribution in [2.24, 2.45) is 0 Å². The van der Waals surface area contributed by atoms with E-state index in [1.54, 1.807) is 0 Å². The fourth-order valence-electron chi connectivity index (χ4n) is 2.00. The first-order valence-corrected chi connectivity index (χ1v) is 6.72. The molecule has 1 heterocycles. The summed E-state index contributed by atoms with van der Waals surface area (Å²) in [5, 5.41) is 12.9. The number of nitrogens with one attached hydrogen (secondary N) is 1. The van der Waals surface area contributed by atoms with Crippen LogP contribution in [0.2, 0.25) is 0 Å². The Bertz CT molecular complexity index is 395. The molecule has 17 heavy (non-hydrogen) atoms. The molecule has 0 saturated carbocycles. The second kappa shape index (κ2) is 5.38. The lowest BCUT2D eigenvalue weighted by atomic mass is 10.0. The molecule has 1 aliphatic rings. The molecule has 1 saturated heterocycles. The van der Waals surface area contributed by atoms with Gasteiger partial charge in [-0.2, -0.15) is 0 Å². The average molecular weight is 300 g/mol. The van der Waals surface area contributed by atoms with Crippen molar-refractivity contribution >= 4 is 15.9 Å². The molecule has 1 fully saturated rings. The fraction of sp³-hybridized carbons (Fsp3) is 0.538. The number of halogens is 1. The van der Waals surface area contributed by atoms with Gasteiger partial charge in [0.05, 0.1) is 0 Å². The molecule has 94 valence electrons. The molecule has 3 nitrogen and oxygen atoms in total. The van der Waals surface area contributed by atoms with E-state index in [2.05, 4.69) is 41.2 Å². The maximum Gasteiger partial charge on any atom is 0.138 e. The SMILES string of the molecule is CC(C)c1cc(Br)ccc1O[C@H]1CNC[C@@H]1O. The quantitative estimate of drug-likeness (QED) is 0.900. The van der Waals surface area contributed by atoms with Crippen LogP contribution in [0, 0.1) is 0 Å². The first kappa shape index (κ1) is 12.9. The summed E-state index contributed by atoms with van der Waals surface area (Å²) in [4.78, 5) is 0. The monoisotopic (exact) mass is 299 g/mol. The molecule has 1 aromatic carbocycles. The number of β-amino-alcohol motifs (C(OH)–C–C–N with tert-alkyl or cyclic N) is 1. The van der Waals surface area contributed by atoms with E-state index in [1.807, 2.05) is 12.1 Å². The Morgan fingerprint density at radius 3 is 2.76 bits per heavy atom. The molecule has 1 aliphatic heterocycles. The largest absolute Gasteiger partial charge is 0.486 e. The number of hydrogen-bond donors (Lipinski definition) is 2.